The molecule has 0 unspecified atom stereocenters. The number of nitrogens with one attached hydrogen (secondary N) is 1. The van der Waals surface area contributed by atoms with Crippen LogP contribution in [0, 0.1) is 0 Å². The summed E-state index contributed by atoms with van der Waals surface area (Å²) >= 11 is 0. The summed E-state index contributed by atoms with van der Waals surface area (Å²) in [5.74, 6) is 0. The van der Waals surface area contributed by atoms with E-state index in [1.165, 1.54) is 44.2 Å². The van der Waals surface area contributed by atoms with E-state index in [0.717, 1.165) is 13.1 Å². The summed E-state index contributed by atoms with van der Waals surface area (Å²) in [5.41, 5.74) is 1.94. The maximum atomic E-state index is 4.12. The summed E-state index contributed by atoms with van der Waals surface area (Å²) in [4.78, 5) is 6.76. The lowest BCUT2D eigenvalue weighted by Gasteiger charge is -2.53. The molecule has 3 heteroatoms. The number of aromatic nitrogens is 1. The number of hydrogen-bond donors (Lipinski definition) is 1. The largest absolute Gasteiger partial charge is 0.304 e. The normalized spacial score (nSPS) is 25.7. The summed E-state index contributed by atoms with van der Waals surface area (Å²) in [6, 6.07) is 4.28. The molecule has 1 N–H and O–H groups in total. The third kappa shape index (κ3) is 3.21. The van der Waals surface area contributed by atoms with Crippen molar-refractivity contribution in [3.05, 3.63) is 30.1 Å². The number of hydrogen-bond acceptors (Lipinski definition) is 3. The maximum absolute atomic E-state index is 4.12. The van der Waals surface area contributed by atoms with E-state index in [4.69, 9.17) is 0 Å². The van der Waals surface area contributed by atoms with Gasteiger partial charge in [-0.05, 0) is 44.4 Å². The highest BCUT2D eigenvalue weighted by Crippen LogP contribution is 2.34. The van der Waals surface area contributed by atoms with Crippen molar-refractivity contribution in [2.24, 2.45) is 0 Å². The van der Waals surface area contributed by atoms with Gasteiger partial charge < -0.3 is 5.32 Å². The molecule has 0 atom stereocenters. The van der Waals surface area contributed by atoms with Crippen molar-refractivity contribution in [3.63, 3.8) is 0 Å². The Morgan fingerprint density at radius 3 is 2.50 bits per heavy atom. The number of pyridine rings is 1. The molecule has 0 amide bonds. The Labute approximate surface area is 122 Å². The Hall–Kier alpha value is -0.930. The molecule has 0 radical (unpaired) electrons. The minimum Gasteiger partial charge on any atom is -0.304 e. The van der Waals surface area contributed by atoms with Gasteiger partial charge in [0.05, 0.1) is 0 Å². The van der Waals surface area contributed by atoms with Crippen LogP contribution in [0.2, 0.25) is 0 Å². The maximum Gasteiger partial charge on any atom is 0.0314 e. The fourth-order valence-corrected chi connectivity index (χ4v) is 4.21. The number of rotatable bonds is 2. The molecule has 3 rings (SSSR count). The van der Waals surface area contributed by atoms with Crippen LogP contribution in [0.25, 0.3) is 0 Å². The second-order valence-corrected chi connectivity index (χ2v) is 7.35. The SMILES string of the molecule is CC1(C)CN(Cc2ccncc2)CC2(CCCCC2)N1. The van der Waals surface area contributed by atoms with E-state index in [-0.39, 0.29) is 5.54 Å². The first-order chi connectivity index (χ1) is 9.57. The molecule has 110 valence electrons. The van der Waals surface area contributed by atoms with E-state index in [0.29, 0.717) is 5.54 Å². The molecule has 1 aliphatic carbocycles. The van der Waals surface area contributed by atoms with Crippen molar-refractivity contribution in [2.75, 3.05) is 13.1 Å². The second kappa shape index (κ2) is 5.45. The molecule has 3 nitrogen and oxygen atoms in total. The van der Waals surface area contributed by atoms with E-state index in [1.54, 1.807) is 0 Å². The van der Waals surface area contributed by atoms with Gasteiger partial charge in [-0.1, -0.05) is 19.3 Å². The molecule has 2 aliphatic rings. The lowest BCUT2D eigenvalue weighted by atomic mass is 9.77. The average Bonchev–Trinajstić information content (AvgIpc) is 2.38. The standard InChI is InChI=1S/C17H27N3/c1-16(2)13-20(12-15-6-10-18-11-7-15)14-17(19-16)8-4-3-5-9-17/h6-7,10-11,19H,3-5,8-9,12-14H2,1-2H3. The summed E-state index contributed by atoms with van der Waals surface area (Å²) in [6.07, 6.45) is 10.7. The first-order valence-electron chi connectivity index (χ1n) is 7.98. The van der Waals surface area contributed by atoms with Crippen molar-refractivity contribution in [3.8, 4) is 0 Å². The van der Waals surface area contributed by atoms with Crippen molar-refractivity contribution in [1.82, 2.24) is 15.2 Å². The quantitative estimate of drug-likeness (QED) is 0.898. The van der Waals surface area contributed by atoms with Gasteiger partial charge in [-0.2, -0.15) is 0 Å². The molecule has 0 bridgehead atoms. The summed E-state index contributed by atoms with van der Waals surface area (Å²) in [5, 5.41) is 3.97. The summed E-state index contributed by atoms with van der Waals surface area (Å²) in [7, 11) is 0. The van der Waals surface area contributed by atoms with E-state index in [1.807, 2.05) is 12.4 Å². The van der Waals surface area contributed by atoms with E-state index in [2.05, 4.69) is 41.2 Å². The molecule has 1 aliphatic heterocycles. The van der Waals surface area contributed by atoms with Crippen LogP contribution in [-0.2, 0) is 6.54 Å². The zero-order valence-electron chi connectivity index (χ0n) is 12.9. The smallest absolute Gasteiger partial charge is 0.0314 e. The van der Waals surface area contributed by atoms with Crippen LogP contribution in [0.1, 0.15) is 51.5 Å². The van der Waals surface area contributed by atoms with E-state index in [9.17, 15) is 0 Å². The molecule has 1 aromatic rings. The molecule has 1 saturated heterocycles. The van der Waals surface area contributed by atoms with Gasteiger partial charge in [0.2, 0.25) is 0 Å². The van der Waals surface area contributed by atoms with Crippen molar-refractivity contribution >= 4 is 0 Å². The Bertz CT molecular complexity index is 435. The van der Waals surface area contributed by atoms with Crippen LogP contribution in [0.3, 0.4) is 0 Å². The predicted molar refractivity (Wildman–Crippen MR) is 82.5 cm³/mol. The molecule has 1 aromatic heterocycles. The first-order valence-corrected chi connectivity index (χ1v) is 7.98. The minimum absolute atomic E-state index is 0.211. The highest BCUT2D eigenvalue weighted by Gasteiger charge is 2.42. The Morgan fingerprint density at radius 1 is 1.10 bits per heavy atom. The van der Waals surface area contributed by atoms with Gasteiger partial charge in [0.15, 0.2) is 0 Å². The highest BCUT2D eigenvalue weighted by molar-refractivity contribution is 5.11. The third-order valence-corrected chi connectivity index (χ3v) is 4.71. The van der Waals surface area contributed by atoms with Gasteiger partial charge in [0, 0.05) is 43.1 Å². The average molecular weight is 273 g/mol. The first kappa shape index (κ1) is 14.0. The van der Waals surface area contributed by atoms with Gasteiger partial charge in [-0.3, -0.25) is 9.88 Å². The zero-order chi connectivity index (χ0) is 14.1. The third-order valence-electron chi connectivity index (χ3n) is 4.71. The summed E-state index contributed by atoms with van der Waals surface area (Å²) < 4.78 is 0. The van der Waals surface area contributed by atoms with Gasteiger partial charge in [0.1, 0.15) is 0 Å². The van der Waals surface area contributed by atoms with Crippen LogP contribution >= 0.6 is 0 Å². The van der Waals surface area contributed by atoms with Gasteiger partial charge in [-0.25, -0.2) is 0 Å². The topological polar surface area (TPSA) is 28.2 Å². The van der Waals surface area contributed by atoms with E-state index < -0.39 is 0 Å². The van der Waals surface area contributed by atoms with Crippen LogP contribution in [-0.4, -0.2) is 34.1 Å². The van der Waals surface area contributed by atoms with Gasteiger partial charge in [-0.15, -0.1) is 0 Å². The molecule has 1 spiro atoms. The van der Waals surface area contributed by atoms with E-state index >= 15 is 0 Å². The fourth-order valence-electron chi connectivity index (χ4n) is 4.21. The molecular weight excluding hydrogens is 246 g/mol. The monoisotopic (exact) mass is 273 g/mol. The highest BCUT2D eigenvalue weighted by atomic mass is 15.3. The lowest BCUT2D eigenvalue weighted by Crippen LogP contribution is -2.69. The second-order valence-electron chi connectivity index (χ2n) is 7.35. The Kier molecular flexibility index (Phi) is 3.83. The summed E-state index contributed by atoms with van der Waals surface area (Å²) in [6.45, 7) is 8.06. The number of nitrogens with zero attached hydrogens (tertiary/aromatic N) is 2. The molecule has 2 fully saturated rings. The van der Waals surface area contributed by atoms with Crippen LogP contribution in [0.5, 0.6) is 0 Å². The van der Waals surface area contributed by atoms with Crippen LogP contribution < -0.4 is 5.32 Å². The van der Waals surface area contributed by atoms with Crippen molar-refractivity contribution in [2.45, 2.75) is 63.6 Å². The minimum atomic E-state index is 0.211. The molecule has 1 saturated carbocycles. The number of piperazine rings is 1. The zero-order valence-corrected chi connectivity index (χ0v) is 12.9. The lowest BCUT2D eigenvalue weighted by molar-refractivity contribution is 0.0327. The predicted octanol–water partition coefficient (Wildman–Crippen LogP) is 2.97. The van der Waals surface area contributed by atoms with Crippen molar-refractivity contribution in [1.29, 1.82) is 0 Å². The molecule has 0 aromatic carbocycles. The molecule has 2 heterocycles. The molecule has 20 heavy (non-hydrogen) atoms. The van der Waals surface area contributed by atoms with Gasteiger partial charge in [0.25, 0.3) is 0 Å². The fraction of sp³-hybridized carbons (Fsp3) is 0.706. The molecular formula is C17H27N3. The van der Waals surface area contributed by atoms with Crippen LogP contribution in [0.4, 0.5) is 0 Å². The Balaban J connectivity index is 1.74. The van der Waals surface area contributed by atoms with Crippen LogP contribution in [0.15, 0.2) is 24.5 Å². The van der Waals surface area contributed by atoms with Gasteiger partial charge >= 0.3 is 0 Å². The Morgan fingerprint density at radius 2 is 1.80 bits per heavy atom. The van der Waals surface area contributed by atoms with Crippen molar-refractivity contribution < 1.29 is 0 Å².